The molecular formula is C20H34N6. The van der Waals surface area contributed by atoms with E-state index in [2.05, 4.69) is 39.0 Å². The minimum absolute atomic E-state index is 0.261. The van der Waals surface area contributed by atoms with Gasteiger partial charge in [0, 0.05) is 25.4 Å². The van der Waals surface area contributed by atoms with E-state index < -0.39 is 0 Å². The summed E-state index contributed by atoms with van der Waals surface area (Å²) in [6, 6.07) is 3.94. The first-order valence-electron chi connectivity index (χ1n) is 10.1. The molecule has 0 amide bonds. The number of H-pyrrole nitrogens is 1. The molecule has 2 rings (SSSR count). The van der Waals surface area contributed by atoms with E-state index in [0.29, 0.717) is 5.82 Å². The molecule has 0 atom stereocenters. The average Bonchev–Trinajstić information content (AvgIpc) is 3.09. The Labute approximate surface area is 157 Å². The predicted molar refractivity (Wildman–Crippen MR) is 109 cm³/mol. The largest absolute Gasteiger partial charge is 0.366 e. The molecule has 0 saturated carbocycles. The van der Waals surface area contributed by atoms with E-state index in [0.717, 1.165) is 17.9 Å². The fraction of sp³-hybridized carbons (Fsp3) is 0.650. The van der Waals surface area contributed by atoms with Crippen LogP contribution in [0.3, 0.4) is 0 Å². The van der Waals surface area contributed by atoms with Crippen molar-refractivity contribution in [1.29, 1.82) is 0 Å². The first-order valence-corrected chi connectivity index (χ1v) is 10.1. The first-order chi connectivity index (χ1) is 12.7. The lowest BCUT2D eigenvalue weighted by Crippen LogP contribution is -2.19. The Morgan fingerprint density at radius 2 is 1.65 bits per heavy atom. The molecule has 0 aliphatic rings. The van der Waals surface area contributed by atoms with Crippen LogP contribution in [-0.2, 0) is 0 Å². The van der Waals surface area contributed by atoms with Crippen molar-refractivity contribution in [2.75, 3.05) is 24.2 Å². The monoisotopic (exact) mass is 358 g/mol. The SMILES string of the molecule is CCCCCCCCCCCCN(C)c1cc(-c2nc(N)n[nH]2)ccn1. The van der Waals surface area contributed by atoms with Crippen LogP contribution in [0.25, 0.3) is 11.4 Å². The standard InChI is InChI=1S/C20H34N6/c1-3-4-5-6-7-8-9-10-11-12-15-26(2)18-16-17(13-14-22-18)19-23-20(21)25-24-19/h13-14,16H,3-12,15H2,1-2H3,(H3,21,23,24,25). The van der Waals surface area contributed by atoms with Crippen LogP contribution >= 0.6 is 0 Å². The Hall–Kier alpha value is -2.11. The summed E-state index contributed by atoms with van der Waals surface area (Å²) >= 11 is 0. The molecular weight excluding hydrogens is 324 g/mol. The van der Waals surface area contributed by atoms with Gasteiger partial charge < -0.3 is 10.6 Å². The molecule has 0 fully saturated rings. The zero-order chi connectivity index (χ0) is 18.6. The number of aromatic amines is 1. The van der Waals surface area contributed by atoms with Gasteiger partial charge in [0.1, 0.15) is 5.82 Å². The molecule has 6 heteroatoms. The van der Waals surface area contributed by atoms with E-state index in [1.165, 1.54) is 64.2 Å². The number of nitrogens with one attached hydrogen (secondary N) is 1. The van der Waals surface area contributed by atoms with Crippen LogP contribution in [0, 0.1) is 0 Å². The van der Waals surface area contributed by atoms with Crippen molar-refractivity contribution in [1.82, 2.24) is 20.2 Å². The molecule has 6 nitrogen and oxygen atoms in total. The van der Waals surface area contributed by atoms with E-state index >= 15 is 0 Å². The summed E-state index contributed by atoms with van der Waals surface area (Å²) in [5, 5.41) is 6.72. The number of unbranched alkanes of at least 4 members (excludes halogenated alkanes) is 9. The summed E-state index contributed by atoms with van der Waals surface area (Å²) in [6.07, 6.45) is 15.4. The van der Waals surface area contributed by atoms with Crippen molar-refractivity contribution in [3.63, 3.8) is 0 Å². The smallest absolute Gasteiger partial charge is 0.239 e. The molecule has 2 aromatic heterocycles. The molecule has 0 spiro atoms. The fourth-order valence-electron chi connectivity index (χ4n) is 3.13. The molecule has 0 aliphatic heterocycles. The van der Waals surface area contributed by atoms with Gasteiger partial charge in [-0.1, -0.05) is 64.7 Å². The zero-order valence-corrected chi connectivity index (χ0v) is 16.4. The molecule has 0 saturated heterocycles. The molecule has 0 radical (unpaired) electrons. The van der Waals surface area contributed by atoms with E-state index in [-0.39, 0.29) is 5.95 Å². The molecule has 0 aliphatic carbocycles. The van der Waals surface area contributed by atoms with Gasteiger partial charge in [0.25, 0.3) is 0 Å². The van der Waals surface area contributed by atoms with Gasteiger partial charge in [-0.05, 0) is 18.6 Å². The summed E-state index contributed by atoms with van der Waals surface area (Å²) in [7, 11) is 2.09. The van der Waals surface area contributed by atoms with Gasteiger partial charge in [0.2, 0.25) is 5.95 Å². The van der Waals surface area contributed by atoms with Gasteiger partial charge in [-0.2, -0.15) is 4.98 Å². The number of hydrogen-bond donors (Lipinski definition) is 2. The third kappa shape index (κ3) is 7.02. The lowest BCUT2D eigenvalue weighted by molar-refractivity contribution is 0.556. The van der Waals surface area contributed by atoms with Gasteiger partial charge in [-0.25, -0.2) is 4.98 Å². The third-order valence-corrected chi connectivity index (χ3v) is 4.76. The van der Waals surface area contributed by atoms with Gasteiger partial charge in [-0.3, -0.25) is 5.10 Å². The molecule has 0 bridgehead atoms. The molecule has 0 unspecified atom stereocenters. The molecule has 26 heavy (non-hydrogen) atoms. The Kier molecular flexibility index (Phi) is 8.93. The van der Waals surface area contributed by atoms with Crippen molar-refractivity contribution < 1.29 is 0 Å². The minimum Gasteiger partial charge on any atom is -0.366 e. The van der Waals surface area contributed by atoms with Crippen molar-refractivity contribution >= 4 is 11.8 Å². The number of anilines is 2. The number of hydrogen-bond acceptors (Lipinski definition) is 5. The number of aromatic nitrogens is 4. The van der Waals surface area contributed by atoms with Gasteiger partial charge >= 0.3 is 0 Å². The van der Waals surface area contributed by atoms with Crippen LogP contribution in [0.5, 0.6) is 0 Å². The lowest BCUT2D eigenvalue weighted by atomic mass is 10.1. The maximum absolute atomic E-state index is 5.58. The molecule has 2 heterocycles. The second-order valence-corrected chi connectivity index (χ2v) is 7.05. The molecule has 2 aromatic rings. The Bertz CT molecular complexity index is 624. The molecule has 144 valence electrons. The second kappa shape index (κ2) is 11.5. The van der Waals surface area contributed by atoms with Crippen LogP contribution in [0.2, 0.25) is 0 Å². The van der Waals surface area contributed by atoms with Crippen LogP contribution in [-0.4, -0.2) is 33.8 Å². The molecule has 3 N–H and O–H groups in total. The van der Waals surface area contributed by atoms with Gasteiger partial charge in [0.05, 0.1) is 0 Å². The van der Waals surface area contributed by atoms with Crippen LogP contribution in [0.15, 0.2) is 18.3 Å². The Morgan fingerprint density at radius 1 is 1.00 bits per heavy atom. The van der Waals surface area contributed by atoms with E-state index in [4.69, 9.17) is 5.73 Å². The predicted octanol–water partition coefficient (Wildman–Crippen LogP) is 4.81. The highest BCUT2D eigenvalue weighted by molar-refractivity contribution is 5.60. The quantitative estimate of drug-likeness (QED) is 0.502. The van der Waals surface area contributed by atoms with Crippen LogP contribution < -0.4 is 10.6 Å². The van der Waals surface area contributed by atoms with Gasteiger partial charge in [-0.15, -0.1) is 5.10 Å². The highest BCUT2D eigenvalue weighted by atomic mass is 15.3. The molecule has 0 aromatic carbocycles. The highest BCUT2D eigenvalue weighted by Gasteiger charge is 2.07. The number of nitrogen functional groups attached to an aromatic ring is 1. The lowest BCUT2D eigenvalue weighted by Gasteiger charge is -2.18. The normalized spacial score (nSPS) is 11.0. The zero-order valence-electron chi connectivity index (χ0n) is 16.4. The summed E-state index contributed by atoms with van der Waals surface area (Å²) < 4.78 is 0. The average molecular weight is 359 g/mol. The second-order valence-electron chi connectivity index (χ2n) is 7.05. The maximum Gasteiger partial charge on any atom is 0.239 e. The minimum atomic E-state index is 0.261. The van der Waals surface area contributed by atoms with Crippen molar-refractivity contribution in [2.24, 2.45) is 0 Å². The number of rotatable bonds is 13. The Balaban J connectivity index is 1.63. The Morgan fingerprint density at radius 3 is 2.27 bits per heavy atom. The number of nitrogens with zero attached hydrogens (tertiary/aromatic N) is 4. The van der Waals surface area contributed by atoms with Crippen molar-refractivity contribution in [3.05, 3.63) is 18.3 Å². The third-order valence-electron chi connectivity index (χ3n) is 4.76. The van der Waals surface area contributed by atoms with E-state index in [1.54, 1.807) is 6.20 Å². The first kappa shape index (κ1) is 20.2. The number of pyridine rings is 1. The summed E-state index contributed by atoms with van der Waals surface area (Å²) in [6.45, 7) is 3.29. The maximum atomic E-state index is 5.58. The van der Waals surface area contributed by atoms with E-state index in [1.807, 2.05) is 12.1 Å². The summed E-state index contributed by atoms with van der Waals surface area (Å²) in [5.41, 5.74) is 6.53. The summed E-state index contributed by atoms with van der Waals surface area (Å²) in [4.78, 5) is 10.8. The fourth-order valence-corrected chi connectivity index (χ4v) is 3.13. The topological polar surface area (TPSA) is 83.7 Å². The van der Waals surface area contributed by atoms with E-state index in [9.17, 15) is 0 Å². The van der Waals surface area contributed by atoms with Crippen molar-refractivity contribution in [2.45, 2.75) is 71.1 Å². The van der Waals surface area contributed by atoms with Crippen LogP contribution in [0.1, 0.15) is 71.1 Å². The van der Waals surface area contributed by atoms with Gasteiger partial charge in [0.15, 0.2) is 5.82 Å². The van der Waals surface area contributed by atoms with Crippen LogP contribution in [0.4, 0.5) is 11.8 Å². The summed E-state index contributed by atoms with van der Waals surface area (Å²) in [5.74, 6) is 1.89. The van der Waals surface area contributed by atoms with Crippen molar-refractivity contribution in [3.8, 4) is 11.4 Å². The highest BCUT2D eigenvalue weighted by Crippen LogP contribution is 2.20. The number of nitrogens with two attached hydrogens (primary N) is 1.